The Morgan fingerprint density at radius 1 is 1.35 bits per heavy atom. The molecule has 0 aliphatic heterocycles. The van der Waals surface area contributed by atoms with Crippen LogP contribution in [-0.4, -0.2) is 34.1 Å². The van der Waals surface area contributed by atoms with Gasteiger partial charge in [-0.15, -0.1) is 11.6 Å². The van der Waals surface area contributed by atoms with Crippen molar-refractivity contribution in [2.75, 3.05) is 35.4 Å². The second-order valence-corrected chi connectivity index (χ2v) is 6.32. The number of nitrogens with zero attached hydrogens (tertiary/aromatic N) is 1. The second-order valence-electron chi connectivity index (χ2n) is 3.67. The standard InChI is InChI=1S/C10H14Cl2N2O2S/c1-14(2)10-4-3-8(12)7-9(10)13-17(15,16)6-5-11/h3-4,7,13H,5-6H2,1-2H3. The number of rotatable bonds is 5. The van der Waals surface area contributed by atoms with Crippen molar-refractivity contribution in [3.05, 3.63) is 23.2 Å². The van der Waals surface area contributed by atoms with E-state index in [1.165, 1.54) is 0 Å². The van der Waals surface area contributed by atoms with Crippen LogP contribution in [0.1, 0.15) is 0 Å². The van der Waals surface area contributed by atoms with E-state index < -0.39 is 10.0 Å². The molecule has 0 bridgehead atoms. The minimum absolute atomic E-state index is 0.0488. The summed E-state index contributed by atoms with van der Waals surface area (Å²) < 4.78 is 25.7. The predicted octanol–water partition coefficient (Wildman–Crippen LogP) is 2.39. The van der Waals surface area contributed by atoms with E-state index in [0.29, 0.717) is 10.7 Å². The number of alkyl halides is 1. The monoisotopic (exact) mass is 296 g/mol. The molecule has 0 saturated carbocycles. The zero-order valence-corrected chi connectivity index (χ0v) is 11.9. The topological polar surface area (TPSA) is 49.4 Å². The quantitative estimate of drug-likeness (QED) is 0.849. The van der Waals surface area contributed by atoms with Crippen LogP contribution in [0.3, 0.4) is 0 Å². The fourth-order valence-corrected chi connectivity index (χ4v) is 2.89. The highest BCUT2D eigenvalue weighted by atomic mass is 35.5. The summed E-state index contributed by atoms with van der Waals surface area (Å²) in [6.45, 7) is 0. The van der Waals surface area contributed by atoms with Gasteiger partial charge in [0.05, 0.1) is 17.1 Å². The molecule has 7 heteroatoms. The molecule has 0 aromatic heterocycles. The molecule has 0 aliphatic carbocycles. The first-order chi connectivity index (χ1) is 7.85. The molecule has 0 aliphatic rings. The number of nitrogens with one attached hydrogen (secondary N) is 1. The van der Waals surface area contributed by atoms with Crippen molar-refractivity contribution in [1.82, 2.24) is 0 Å². The number of anilines is 2. The molecule has 0 saturated heterocycles. The van der Waals surface area contributed by atoms with E-state index in [0.717, 1.165) is 5.69 Å². The average molecular weight is 297 g/mol. The highest BCUT2D eigenvalue weighted by Crippen LogP contribution is 2.28. The van der Waals surface area contributed by atoms with Gasteiger partial charge in [-0.25, -0.2) is 8.42 Å². The van der Waals surface area contributed by atoms with Crippen molar-refractivity contribution in [2.24, 2.45) is 0 Å². The van der Waals surface area contributed by atoms with Gasteiger partial charge in [-0.1, -0.05) is 11.6 Å². The fourth-order valence-electron chi connectivity index (χ4n) is 1.30. The SMILES string of the molecule is CN(C)c1ccc(Cl)cc1NS(=O)(=O)CCCl. The summed E-state index contributed by atoms with van der Waals surface area (Å²) in [7, 11) is 0.219. The first-order valence-corrected chi connectivity index (χ1v) is 7.45. The van der Waals surface area contributed by atoms with E-state index in [-0.39, 0.29) is 11.6 Å². The van der Waals surface area contributed by atoms with E-state index >= 15 is 0 Å². The van der Waals surface area contributed by atoms with Crippen molar-refractivity contribution in [3.8, 4) is 0 Å². The molecule has 0 fully saturated rings. The molecule has 96 valence electrons. The molecule has 0 radical (unpaired) electrons. The summed E-state index contributed by atoms with van der Waals surface area (Å²) in [5.74, 6) is -0.0822. The Kier molecular flexibility index (Phi) is 4.91. The zero-order valence-electron chi connectivity index (χ0n) is 9.57. The summed E-state index contributed by atoms with van der Waals surface area (Å²) in [5.41, 5.74) is 1.19. The van der Waals surface area contributed by atoms with E-state index in [2.05, 4.69) is 4.72 Å². The van der Waals surface area contributed by atoms with Gasteiger partial charge in [-0.2, -0.15) is 0 Å². The molecule has 1 aromatic carbocycles. The minimum atomic E-state index is -3.42. The molecule has 0 atom stereocenters. The van der Waals surface area contributed by atoms with Gasteiger partial charge in [0.25, 0.3) is 0 Å². The Morgan fingerprint density at radius 3 is 2.53 bits per heavy atom. The Balaban J connectivity index is 3.08. The molecule has 0 amide bonds. The molecule has 17 heavy (non-hydrogen) atoms. The lowest BCUT2D eigenvalue weighted by Crippen LogP contribution is -2.20. The molecular weight excluding hydrogens is 283 g/mol. The molecule has 0 heterocycles. The van der Waals surface area contributed by atoms with Crippen molar-refractivity contribution in [1.29, 1.82) is 0 Å². The lowest BCUT2D eigenvalue weighted by molar-refractivity contribution is 0.602. The number of benzene rings is 1. The van der Waals surface area contributed by atoms with Crippen LogP contribution >= 0.6 is 23.2 Å². The Labute approximate surface area is 112 Å². The summed E-state index contributed by atoms with van der Waals surface area (Å²) in [6.07, 6.45) is 0. The second kappa shape index (κ2) is 5.80. The number of hydrogen-bond donors (Lipinski definition) is 1. The van der Waals surface area contributed by atoms with Gasteiger partial charge >= 0.3 is 0 Å². The van der Waals surface area contributed by atoms with Crippen molar-refractivity contribution >= 4 is 44.6 Å². The normalized spacial score (nSPS) is 11.3. The largest absolute Gasteiger partial charge is 0.376 e. The summed E-state index contributed by atoms with van der Waals surface area (Å²) in [6, 6.07) is 5.03. The van der Waals surface area contributed by atoms with Crippen LogP contribution in [0, 0.1) is 0 Å². The van der Waals surface area contributed by atoms with E-state index in [4.69, 9.17) is 23.2 Å². The third kappa shape index (κ3) is 4.26. The maximum atomic E-state index is 11.6. The first kappa shape index (κ1) is 14.4. The Bertz CT molecular complexity index is 489. The summed E-state index contributed by atoms with van der Waals surface area (Å²) in [5, 5.41) is 0.471. The van der Waals surface area contributed by atoms with Gasteiger partial charge in [0, 0.05) is 25.0 Å². The molecule has 1 N–H and O–H groups in total. The lowest BCUT2D eigenvalue weighted by atomic mass is 10.2. The number of sulfonamides is 1. The van der Waals surface area contributed by atoms with Crippen molar-refractivity contribution in [2.45, 2.75) is 0 Å². The van der Waals surface area contributed by atoms with Crippen molar-refractivity contribution < 1.29 is 8.42 Å². The Hall–Kier alpha value is -0.650. The number of hydrogen-bond acceptors (Lipinski definition) is 3. The molecule has 4 nitrogen and oxygen atoms in total. The first-order valence-electron chi connectivity index (χ1n) is 4.89. The summed E-state index contributed by atoms with van der Waals surface area (Å²) in [4.78, 5) is 1.80. The minimum Gasteiger partial charge on any atom is -0.376 e. The third-order valence-corrected chi connectivity index (χ3v) is 3.97. The molecule has 0 unspecified atom stereocenters. The van der Waals surface area contributed by atoms with Gasteiger partial charge in [-0.3, -0.25) is 4.72 Å². The van der Waals surface area contributed by atoms with E-state index in [1.807, 2.05) is 14.1 Å². The van der Waals surface area contributed by atoms with Gasteiger partial charge in [-0.05, 0) is 18.2 Å². The molecular formula is C10H14Cl2N2O2S. The smallest absolute Gasteiger partial charge is 0.233 e. The van der Waals surface area contributed by atoms with Gasteiger partial charge in [0.2, 0.25) is 10.0 Å². The fraction of sp³-hybridized carbons (Fsp3) is 0.400. The lowest BCUT2D eigenvalue weighted by Gasteiger charge is -2.18. The van der Waals surface area contributed by atoms with Crippen LogP contribution < -0.4 is 9.62 Å². The third-order valence-electron chi connectivity index (χ3n) is 2.05. The summed E-state index contributed by atoms with van der Waals surface area (Å²) >= 11 is 11.3. The van der Waals surface area contributed by atoms with Crippen LogP contribution in [0.2, 0.25) is 5.02 Å². The van der Waals surface area contributed by atoms with Gasteiger partial charge in [0.1, 0.15) is 0 Å². The molecule has 1 rings (SSSR count). The highest BCUT2D eigenvalue weighted by Gasteiger charge is 2.13. The van der Waals surface area contributed by atoms with Crippen LogP contribution in [-0.2, 0) is 10.0 Å². The van der Waals surface area contributed by atoms with Gasteiger partial charge in [0.15, 0.2) is 0 Å². The van der Waals surface area contributed by atoms with Crippen molar-refractivity contribution in [3.63, 3.8) is 0 Å². The van der Waals surface area contributed by atoms with E-state index in [9.17, 15) is 8.42 Å². The molecule has 1 aromatic rings. The maximum absolute atomic E-state index is 11.6. The van der Waals surface area contributed by atoms with Crippen LogP contribution in [0.5, 0.6) is 0 Å². The van der Waals surface area contributed by atoms with Crippen LogP contribution in [0.25, 0.3) is 0 Å². The van der Waals surface area contributed by atoms with Crippen LogP contribution in [0.15, 0.2) is 18.2 Å². The molecule has 0 spiro atoms. The Morgan fingerprint density at radius 2 is 2.00 bits per heavy atom. The maximum Gasteiger partial charge on any atom is 0.233 e. The predicted molar refractivity (Wildman–Crippen MR) is 73.9 cm³/mol. The number of halogens is 2. The van der Waals surface area contributed by atoms with Crippen LogP contribution in [0.4, 0.5) is 11.4 Å². The zero-order chi connectivity index (χ0) is 13.1. The average Bonchev–Trinajstić information content (AvgIpc) is 2.15. The van der Waals surface area contributed by atoms with E-state index in [1.54, 1.807) is 23.1 Å². The van der Waals surface area contributed by atoms with Gasteiger partial charge < -0.3 is 4.90 Å². The highest BCUT2D eigenvalue weighted by molar-refractivity contribution is 7.92.